The number of amides is 1. The number of aromatic nitrogens is 1. The van der Waals surface area contributed by atoms with Crippen LogP contribution >= 0.6 is 0 Å². The third-order valence-corrected chi connectivity index (χ3v) is 3.01. The highest BCUT2D eigenvalue weighted by Crippen LogP contribution is 2.24. The maximum atomic E-state index is 11.4. The van der Waals surface area contributed by atoms with Gasteiger partial charge in [-0.15, -0.1) is 0 Å². The lowest BCUT2D eigenvalue weighted by Gasteiger charge is -2.10. The zero-order valence-corrected chi connectivity index (χ0v) is 10.3. The molecule has 1 aromatic rings. The number of primary amides is 1. The summed E-state index contributed by atoms with van der Waals surface area (Å²) >= 11 is 0. The Labute approximate surface area is 106 Å². The van der Waals surface area contributed by atoms with Crippen LogP contribution in [0.4, 0.5) is 5.82 Å². The van der Waals surface area contributed by atoms with E-state index in [1.165, 1.54) is 0 Å². The van der Waals surface area contributed by atoms with E-state index >= 15 is 0 Å². The van der Waals surface area contributed by atoms with Crippen molar-refractivity contribution >= 4 is 11.7 Å². The maximum Gasteiger partial charge on any atom is 0.252 e. The lowest BCUT2D eigenvalue weighted by molar-refractivity contribution is 0.100. The van der Waals surface area contributed by atoms with Crippen LogP contribution in [0.25, 0.3) is 0 Å². The van der Waals surface area contributed by atoms with Crippen LogP contribution in [0.5, 0.6) is 0 Å². The summed E-state index contributed by atoms with van der Waals surface area (Å²) in [5, 5.41) is 3.10. The Kier molecular flexibility index (Phi) is 3.94. The Morgan fingerprint density at radius 1 is 1.44 bits per heavy atom. The number of nitrogens with one attached hydrogen (secondary N) is 1. The van der Waals surface area contributed by atoms with Crippen molar-refractivity contribution in [2.75, 3.05) is 18.4 Å². The van der Waals surface area contributed by atoms with Crippen molar-refractivity contribution in [1.29, 1.82) is 0 Å². The van der Waals surface area contributed by atoms with Crippen LogP contribution in [0.1, 0.15) is 28.0 Å². The van der Waals surface area contributed by atoms with E-state index in [1.807, 2.05) is 18.2 Å². The van der Waals surface area contributed by atoms with Gasteiger partial charge in [0.2, 0.25) is 0 Å². The number of rotatable bonds is 5. The summed E-state index contributed by atoms with van der Waals surface area (Å²) in [7, 11) is 0. The molecule has 5 heteroatoms. The van der Waals surface area contributed by atoms with Gasteiger partial charge < -0.3 is 16.8 Å². The first-order chi connectivity index (χ1) is 8.72. The second-order valence-corrected chi connectivity index (χ2v) is 4.30. The zero-order chi connectivity index (χ0) is 13.0. The largest absolute Gasteiger partial charge is 0.366 e. The second kappa shape index (κ2) is 5.64. The Morgan fingerprint density at radius 3 is 3.00 bits per heavy atom. The van der Waals surface area contributed by atoms with E-state index in [1.54, 1.807) is 0 Å². The number of fused-ring (bicyclic) bond motifs is 1. The van der Waals surface area contributed by atoms with Crippen LogP contribution in [0, 0.1) is 0 Å². The molecular formula is C13H18N4O. The summed E-state index contributed by atoms with van der Waals surface area (Å²) in [6.45, 7) is 1.09. The minimum Gasteiger partial charge on any atom is -0.366 e. The third kappa shape index (κ3) is 2.68. The minimum atomic E-state index is -0.442. The topological polar surface area (TPSA) is 94.0 Å². The molecule has 0 fully saturated rings. The van der Waals surface area contributed by atoms with Gasteiger partial charge in [0.15, 0.2) is 0 Å². The van der Waals surface area contributed by atoms with E-state index in [2.05, 4.69) is 10.3 Å². The standard InChI is InChI=1S/C13H18N4O/c14-6-1-2-7-16-13-10(12(15)18)8-9-4-3-5-11(9)17-13/h1-2,8H,3-7,14H2,(H2,15,18)(H,16,17)/b2-1+. The van der Waals surface area contributed by atoms with Gasteiger partial charge in [0.1, 0.15) is 5.82 Å². The number of nitrogens with two attached hydrogens (primary N) is 2. The smallest absolute Gasteiger partial charge is 0.252 e. The van der Waals surface area contributed by atoms with Crippen molar-refractivity contribution in [3.63, 3.8) is 0 Å². The number of pyridine rings is 1. The summed E-state index contributed by atoms with van der Waals surface area (Å²) < 4.78 is 0. The summed E-state index contributed by atoms with van der Waals surface area (Å²) in [5.74, 6) is 0.132. The Morgan fingerprint density at radius 2 is 2.28 bits per heavy atom. The number of carbonyl (C=O) groups excluding carboxylic acids is 1. The lowest BCUT2D eigenvalue weighted by atomic mass is 10.1. The molecule has 5 nitrogen and oxygen atoms in total. The SMILES string of the molecule is NC/C=C/CNc1nc2c(cc1C(N)=O)CCC2. The predicted octanol–water partition coefficient (Wildman–Crippen LogP) is 0.596. The Hall–Kier alpha value is -1.88. The van der Waals surface area contributed by atoms with E-state index in [0.29, 0.717) is 24.5 Å². The van der Waals surface area contributed by atoms with Crippen molar-refractivity contribution < 1.29 is 4.79 Å². The number of hydrogen-bond acceptors (Lipinski definition) is 4. The molecule has 1 aliphatic rings. The van der Waals surface area contributed by atoms with Gasteiger partial charge in [0.05, 0.1) is 5.56 Å². The number of aryl methyl sites for hydroxylation is 2. The fourth-order valence-corrected chi connectivity index (χ4v) is 2.13. The number of nitrogens with zero attached hydrogens (tertiary/aromatic N) is 1. The van der Waals surface area contributed by atoms with E-state index in [9.17, 15) is 4.79 Å². The first-order valence-electron chi connectivity index (χ1n) is 6.14. The Balaban J connectivity index is 2.21. The highest BCUT2D eigenvalue weighted by molar-refractivity contribution is 5.97. The highest BCUT2D eigenvalue weighted by Gasteiger charge is 2.18. The zero-order valence-electron chi connectivity index (χ0n) is 10.3. The van der Waals surface area contributed by atoms with E-state index in [0.717, 1.165) is 30.5 Å². The first kappa shape index (κ1) is 12.6. The molecule has 0 radical (unpaired) electrons. The quantitative estimate of drug-likeness (QED) is 0.663. The average molecular weight is 246 g/mol. The van der Waals surface area contributed by atoms with Crippen molar-refractivity contribution in [2.24, 2.45) is 11.5 Å². The molecule has 96 valence electrons. The molecule has 0 aliphatic heterocycles. The monoisotopic (exact) mass is 246 g/mol. The van der Waals surface area contributed by atoms with Crippen LogP contribution in [0.3, 0.4) is 0 Å². The van der Waals surface area contributed by atoms with Crippen LogP contribution < -0.4 is 16.8 Å². The average Bonchev–Trinajstić information content (AvgIpc) is 2.80. The van der Waals surface area contributed by atoms with Gasteiger partial charge in [-0.05, 0) is 30.9 Å². The first-order valence-corrected chi connectivity index (χ1v) is 6.14. The van der Waals surface area contributed by atoms with Gasteiger partial charge in [0.25, 0.3) is 5.91 Å². The molecule has 1 aliphatic carbocycles. The minimum absolute atomic E-state index is 0.442. The Bertz CT molecular complexity index is 482. The summed E-state index contributed by atoms with van der Waals surface area (Å²) in [5.41, 5.74) is 13.4. The van der Waals surface area contributed by atoms with Crippen LogP contribution in [0.2, 0.25) is 0 Å². The van der Waals surface area contributed by atoms with Crippen molar-refractivity contribution in [3.05, 3.63) is 35.0 Å². The molecule has 0 spiro atoms. The van der Waals surface area contributed by atoms with E-state index in [4.69, 9.17) is 11.5 Å². The van der Waals surface area contributed by atoms with Crippen molar-refractivity contribution in [2.45, 2.75) is 19.3 Å². The van der Waals surface area contributed by atoms with Crippen molar-refractivity contribution in [3.8, 4) is 0 Å². The summed E-state index contributed by atoms with van der Waals surface area (Å²) in [4.78, 5) is 15.9. The molecule has 18 heavy (non-hydrogen) atoms. The fraction of sp³-hybridized carbons (Fsp3) is 0.385. The molecular weight excluding hydrogens is 228 g/mol. The van der Waals surface area contributed by atoms with E-state index < -0.39 is 5.91 Å². The van der Waals surface area contributed by atoms with Crippen molar-refractivity contribution in [1.82, 2.24) is 4.98 Å². The lowest BCUT2D eigenvalue weighted by Crippen LogP contribution is -2.17. The molecule has 0 bridgehead atoms. The van der Waals surface area contributed by atoms with E-state index in [-0.39, 0.29) is 0 Å². The van der Waals surface area contributed by atoms with Crippen LogP contribution in [-0.4, -0.2) is 24.0 Å². The molecule has 5 N–H and O–H groups in total. The van der Waals surface area contributed by atoms with Gasteiger partial charge in [-0.1, -0.05) is 12.2 Å². The summed E-state index contributed by atoms with van der Waals surface area (Å²) in [6, 6.07) is 1.87. The molecule has 1 aromatic heterocycles. The maximum absolute atomic E-state index is 11.4. The highest BCUT2D eigenvalue weighted by atomic mass is 16.1. The number of carbonyl (C=O) groups is 1. The van der Waals surface area contributed by atoms with Gasteiger partial charge >= 0.3 is 0 Å². The number of anilines is 1. The summed E-state index contributed by atoms with van der Waals surface area (Å²) in [6.07, 6.45) is 6.80. The molecule has 1 amide bonds. The molecule has 2 rings (SSSR count). The van der Waals surface area contributed by atoms with Crippen LogP contribution in [-0.2, 0) is 12.8 Å². The third-order valence-electron chi connectivity index (χ3n) is 3.01. The van der Waals surface area contributed by atoms with Gasteiger partial charge in [0, 0.05) is 18.8 Å². The molecule has 0 aromatic carbocycles. The van der Waals surface area contributed by atoms with Gasteiger partial charge in [-0.25, -0.2) is 4.98 Å². The predicted molar refractivity (Wildman–Crippen MR) is 71.5 cm³/mol. The fourth-order valence-electron chi connectivity index (χ4n) is 2.13. The molecule has 1 heterocycles. The molecule has 0 atom stereocenters. The number of hydrogen-bond donors (Lipinski definition) is 3. The second-order valence-electron chi connectivity index (χ2n) is 4.30. The molecule has 0 saturated carbocycles. The molecule has 0 unspecified atom stereocenters. The molecule has 0 saturated heterocycles. The van der Waals surface area contributed by atoms with Crippen LogP contribution in [0.15, 0.2) is 18.2 Å². The van der Waals surface area contributed by atoms with Gasteiger partial charge in [-0.2, -0.15) is 0 Å². The normalized spacial score (nSPS) is 13.8. The van der Waals surface area contributed by atoms with Gasteiger partial charge in [-0.3, -0.25) is 4.79 Å².